The second kappa shape index (κ2) is 7.16. The van der Waals surface area contributed by atoms with Gasteiger partial charge in [0.2, 0.25) is 0 Å². The molecule has 0 radical (unpaired) electrons. The van der Waals surface area contributed by atoms with Gasteiger partial charge >= 0.3 is 0 Å². The predicted octanol–water partition coefficient (Wildman–Crippen LogP) is 0.937. The van der Waals surface area contributed by atoms with E-state index in [9.17, 15) is 0 Å². The lowest BCUT2D eigenvalue weighted by atomic mass is 10.2. The zero-order chi connectivity index (χ0) is 13.5. The van der Waals surface area contributed by atoms with E-state index < -0.39 is 0 Å². The van der Waals surface area contributed by atoms with Gasteiger partial charge in [-0.05, 0) is 24.4 Å². The van der Waals surface area contributed by atoms with E-state index in [-0.39, 0.29) is 6.10 Å². The first-order chi connectivity index (χ1) is 9.29. The highest BCUT2D eigenvalue weighted by Crippen LogP contribution is 2.30. The van der Waals surface area contributed by atoms with Crippen LogP contribution in [0.3, 0.4) is 0 Å². The summed E-state index contributed by atoms with van der Waals surface area (Å²) in [6, 6.07) is 7.65. The van der Waals surface area contributed by atoms with Gasteiger partial charge in [0.25, 0.3) is 0 Å². The number of methoxy groups -OCH3 is 1. The van der Waals surface area contributed by atoms with Gasteiger partial charge in [0, 0.05) is 13.7 Å². The minimum atomic E-state index is -0.0444. The number of ether oxygens (including phenoxy) is 3. The molecule has 0 aromatic heterocycles. The predicted molar refractivity (Wildman–Crippen MR) is 76.8 cm³/mol. The standard InChI is InChI=1S/C13H18N2O3S/c1-16-7-6-14-13(19)15-8-10-9-17-11-4-2-3-5-12(11)18-10/h2-5,10H,6-9H2,1H3,(H2,14,15,19). The molecule has 0 bridgehead atoms. The summed E-state index contributed by atoms with van der Waals surface area (Å²) in [7, 11) is 1.66. The lowest BCUT2D eigenvalue weighted by molar-refractivity contribution is 0.0937. The number of thiocarbonyl (C=S) groups is 1. The minimum absolute atomic E-state index is 0.0444. The topological polar surface area (TPSA) is 51.8 Å². The Morgan fingerprint density at radius 3 is 2.95 bits per heavy atom. The van der Waals surface area contributed by atoms with Crippen LogP contribution in [0.1, 0.15) is 0 Å². The summed E-state index contributed by atoms with van der Waals surface area (Å²) in [6.45, 7) is 2.43. The fourth-order valence-corrected chi connectivity index (χ4v) is 1.88. The average Bonchev–Trinajstić information content (AvgIpc) is 2.45. The molecule has 1 aliphatic rings. The fraction of sp³-hybridized carbons (Fsp3) is 0.462. The van der Waals surface area contributed by atoms with Crippen molar-refractivity contribution in [3.8, 4) is 11.5 Å². The van der Waals surface area contributed by atoms with E-state index in [4.69, 9.17) is 26.4 Å². The van der Waals surface area contributed by atoms with Gasteiger partial charge in [-0.3, -0.25) is 0 Å². The maximum Gasteiger partial charge on any atom is 0.166 e. The fourth-order valence-electron chi connectivity index (χ4n) is 1.70. The molecule has 19 heavy (non-hydrogen) atoms. The minimum Gasteiger partial charge on any atom is -0.486 e. The van der Waals surface area contributed by atoms with Gasteiger partial charge in [-0.1, -0.05) is 12.1 Å². The molecule has 2 N–H and O–H groups in total. The molecule has 1 atom stereocenters. The zero-order valence-electron chi connectivity index (χ0n) is 10.8. The van der Waals surface area contributed by atoms with Crippen LogP contribution in [0.5, 0.6) is 11.5 Å². The van der Waals surface area contributed by atoms with Crippen LogP contribution in [0.15, 0.2) is 24.3 Å². The SMILES string of the molecule is COCCNC(=S)NCC1COc2ccccc2O1. The van der Waals surface area contributed by atoms with Crippen molar-refractivity contribution >= 4 is 17.3 Å². The number of para-hydroxylation sites is 2. The Morgan fingerprint density at radius 1 is 1.37 bits per heavy atom. The summed E-state index contributed by atoms with van der Waals surface area (Å²) >= 11 is 5.14. The van der Waals surface area contributed by atoms with E-state index in [1.54, 1.807) is 7.11 Å². The summed E-state index contributed by atoms with van der Waals surface area (Å²) in [5.74, 6) is 1.57. The van der Waals surface area contributed by atoms with Crippen LogP contribution >= 0.6 is 12.2 Å². The van der Waals surface area contributed by atoms with E-state index in [0.29, 0.717) is 31.4 Å². The molecule has 104 valence electrons. The van der Waals surface area contributed by atoms with E-state index in [0.717, 1.165) is 11.5 Å². The highest BCUT2D eigenvalue weighted by molar-refractivity contribution is 7.80. The molecule has 1 aromatic rings. The van der Waals surface area contributed by atoms with Crippen LogP contribution in [0.25, 0.3) is 0 Å². The molecule has 0 aliphatic carbocycles. The van der Waals surface area contributed by atoms with Gasteiger partial charge in [-0.2, -0.15) is 0 Å². The maximum atomic E-state index is 5.81. The Bertz CT molecular complexity index is 428. The third kappa shape index (κ3) is 4.25. The molecule has 1 aromatic carbocycles. The summed E-state index contributed by atoms with van der Waals surface area (Å²) in [6.07, 6.45) is -0.0444. The largest absolute Gasteiger partial charge is 0.486 e. The smallest absolute Gasteiger partial charge is 0.166 e. The van der Waals surface area contributed by atoms with Gasteiger partial charge < -0.3 is 24.8 Å². The lowest BCUT2D eigenvalue weighted by Crippen LogP contribution is -2.44. The first-order valence-corrected chi connectivity index (χ1v) is 6.59. The quantitative estimate of drug-likeness (QED) is 0.619. The Hall–Kier alpha value is -1.53. The van der Waals surface area contributed by atoms with Crippen LogP contribution in [-0.2, 0) is 4.74 Å². The molecule has 0 saturated heterocycles. The molecule has 1 unspecified atom stereocenters. The number of nitrogens with one attached hydrogen (secondary N) is 2. The number of benzene rings is 1. The first kappa shape index (κ1) is 13.9. The Morgan fingerprint density at radius 2 is 2.16 bits per heavy atom. The molecule has 0 fully saturated rings. The molecule has 1 aliphatic heterocycles. The number of fused-ring (bicyclic) bond motifs is 1. The molecule has 0 saturated carbocycles. The summed E-state index contributed by atoms with van der Waals surface area (Å²) < 4.78 is 16.4. The van der Waals surface area contributed by atoms with Crippen LogP contribution in [0, 0.1) is 0 Å². The van der Waals surface area contributed by atoms with Gasteiger partial charge in [0.15, 0.2) is 16.6 Å². The van der Waals surface area contributed by atoms with Crippen molar-refractivity contribution in [2.45, 2.75) is 6.10 Å². The molecular weight excluding hydrogens is 264 g/mol. The molecular formula is C13H18N2O3S. The second-order valence-electron chi connectivity index (χ2n) is 4.13. The zero-order valence-corrected chi connectivity index (χ0v) is 11.7. The highest BCUT2D eigenvalue weighted by atomic mass is 32.1. The van der Waals surface area contributed by atoms with E-state index in [1.165, 1.54) is 0 Å². The average molecular weight is 282 g/mol. The Balaban J connectivity index is 1.72. The molecule has 0 amide bonds. The van der Waals surface area contributed by atoms with Crippen LogP contribution in [0.4, 0.5) is 0 Å². The molecule has 5 nitrogen and oxygen atoms in total. The number of hydrogen-bond acceptors (Lipinski definition) is 4. The first-order valence-electron chi connectivity index (χ1n) is 6.18. The normalized spacial score (nSPS) is 16.8. The molecule has 0 spiro atoms. The summed E-state index contributed by atoms with van der Waals surface area (Å²) in [5, 5.41) is 6.74. The van der Waals surface area contributed by atoms with Gasteiger partial charge in [-0.25, -0.2) is 0 Å². The van der Waals surface area contributed by atoms with Crippen LogP contribution in [-0.4, -0.2) is 44.6 Å². The van der Waals surface area contributed by atoms with Crippen molar-refractivity contribution < 1.29 is 14.2 Å². The van der Waals surface area contributed by atoms with Crippen LogP contribution < -0.4 is 20.1 Å². The third-order valence-electron chi connectivity index (χ3n) is 2.65. The van der Waals surface area contributed by atoms with Crippen molar-refractivity contribution in [1.29, 1.82) is 0 Å². The van der Waals surface area contributed by atoms with Crippen molar-refractivity contribution in [3.05, 3.63) is 24.3 Å². The molecule has 1 heterocycles. The summed E-state index contributed by atoms with van der Waals surface area (Å²) in [4.78, 5) is 0. The molecule has 6 heteroatoms. The third-order valence-corrected chi connectivity index (χ3v) is 2.94. The van der Waals surface area contributed by atoms with E-state index >= 15 is 0 Å². The van der Waals surface area contributed by atoms with Crippen LogP contribution in [0.2, 0.25) is 0 Å². The van der Waals surface area contributed by atoms with Gasteiger partial charge in [0.05, 0.1) is 13.2 Å². The highest BCUT2D eigenvalue weighted by Gasteiger charge is 2.20. The van der Waals surface area contributed by atoms with Gasteiger partial charge in [0.1, 0.15) is 12.7 Å². The van der Waals surface area contributed by atoms with Crippen molar-refractivity contribution in [2.75, 3.05) is 33.4 Å². The Kier molecular flexibility index (Phi) is 5.23. The monoisotopic (exact) mass is 282 g/mol. The number of rotatable bonds is 5. The van der Waals surface area contributed by atoms with E-state index in [2.05, 4.69) is 10.6 Å². The van der Waals surface area contributed by atoms with Crippen molar-refractivity contribution in [2.24, 2.45) is 0 Å². The molecule has 2 rings (SSSR count). The number of hydrogen-bond donors (Lipinski definition) is 2. The van der Waals surface area contributed by atoms with Crippen molar-refractivity contribution in [3.63, 3.8) is 0 Å². The van der Waals surface area contributed by atoms with Gasteiger partial charge in [-0.15, -0.1) is 0 Å². The second-order valence-corrected chi connectivity index (χ2v) is 4.54. The maximum absolute atomic E-state index is 5.81. The van der Waals surface area contributed by atoms with E-state index in [1.807, 2.05) is 24.3 Å². The summed E-state index contributed by atoms with van der Waals surface area (Å²) in [5.41, 5.74) is 0. The Labute approximate surface area is 118 Å². The van der Waals surface area contributed by atoms with Crippen molar-refractivity contribution in [1.82, 2.24) is 10.6 Å². The lowest BCUT2D eigenvalue weighted by Gasteiger charge is -2.26.